The highest BCUT2D eigenvalue weighted by atomic mass is 32.1. The molecule has 4 aromatic rings. The molecule has 0 bridgehead atoms. The molecule has 2 aromatic heterocycles. The Morgan fingerprint density at radius 3 is 2.56 bits per heavy atom. The number of amides is 2. The number of thiazole rings is 1. The molecule has 0 aliphatic carbocycles. The maximum atomic E-state index is 13.9. The largest absolute Gasteiger partial charge is 0.443 e. The Kier molecular flexibility index (Phi) is 6.64. The Morgan fingerprint density at radius 1 is 1.18 bits per heavy atom. The van der Waals surface area contributed by atoms with E-state index >= 15 is 0 Å². The second kappa shape index (κ2) is 9.94. The van der Waals surface area contributed by atoms with Gasteiger partial charge in [0, 0.05) is 35.5 Å². The minimum atomic E-state index is -4.73. The lowest BCUT2D eigenvalue weighted by Crippen LogP contribution is -2.55. The van der Waals surface area contributed by atoms with Crippen molar-refractivity contribution in [1.29, 1.82) is 0 Å². The van der Waals surface area contributed by atoms with Crippen LogP contribution in [0.5, 0.6) is 0 Å². The molecule has 1 aliphatic heterocycles. The Bertz CT molecular complexity index is 1570. The Morgan fingerprint density at radius 2 is 1.92 bits per heavy atom. The molecule has 2 amide bonds. The number of hydrogen-bond acceptors (Lipinski definition) is 7. The van der Waals surface area contributed by atoms with Crippen LogP contribution in [0.25, 0.3) is 5.69 Å². The van der Waals surface area contributed by atoms with Gasteiger partial charge in [-0.2, -0.15) is 18.3 Å². The van der Waals surface area contributed by atoms with Crippen molar-refractivity contribution >= 4 is 34.7 Å². The summed E-state index contributed by atoms with van der Waals surface area (Å²) in [4.78, 5) is 42.6. The number of benzene rings is 2. The third kappa shape index (κ3) is 4.74. The molecule has 14 heteroatoms. The van der Waals surface area contributed by atoms with Crippen LogP contribution in [-0.2, 0) is 11.0 Å². The van der Waals surface area contributed by atoms with Crippen LogP contribution in [0.1, 0.15) is 39.5 Å². The Balaban J connectivity index is 1.63. The molecular weight excluding hydrogens is 537 g/mol. The van der Waals surface area contributed by atoms with Gasteiger partial charge in [-0.25, -0.2) is 9.67 Å². The van der Waals surface area contributed by atoms with E-state index in [1.54, 1.807) is 41.9 Å². The zero-order valence-electron chi connectivity index (χ0n) is 20.1. The Labute approximate surface area is 222 Å². The lowest BCUT2D eigenvalue weighted by Gasteiger charge is -2.38. The molecule has 0 spiro atoms. The van der Waals surface area contributed by atoms with E-state index in [1.165, 1.54) is 29.3 Å². The van der Waals surface area contributed by atoms with Crippen molar-refractivity contribution in [3.8, 4) is 5.69 Å². The van der Waals surface area contributed by atoms with Gasteiger partial charge < -0.3 is 5.32 Å². The minimum Gasteiger partial charge on any atom is -0.338 e. The van der Waals surface area contributed by atoms with Gasteiger partial charge in [-0.05, 0) is 24.6 Å². The summed E-state index contributed by atoms with van der Waals surface area (Å²) in [5.41, 5.74) is 0.788. The predicted molar refractivity (Wildman–Crippen MR) is 135 cm³/mol. The van der Waals surface area contributed by atoms with Crippen molar-refractivity contribution in [3.63, 3.8) is 0 Å². The highest BCUT2D eigenvalue weighted by molar-refractivity contribution is 7.10. The number of nitro benzene ring substituents is 1. The van der Waals surface area contributed by atoms with Crippen molar-refractivity contribution in [2.24, 2.45) is 0 Å². The first kappa shape index (κ1) is 26.0. The fourth-order valence-corrected chi connectivity index (χ4v) is 5.24. The summed E-state index contributed by atoms with van der Waals surface area (Å²) in [5, 5.41) is 18.3. The van der Waals surface area contributed by atoms with Gasteiger partial charge in [0.2, 0.25) is 0 Å². The van der Waals surface area contributed by atoms with Crippen molar-refractivity contribution in [1.82, 2.24) is 20.1 Å². The van der Waals surface area contributed by atoms with E-state index in [0.717, 1.165) is 5.38 Å². The maximum absolute atomic E-state index is 13.9. The van der Waals surface area contributed by atoms with Crippen molar-refractivity contribution < 1.29 is 27.7 Å². The first-order chi connectivity index (χ1) is 18.6. The highest BCUT2D eigenvalue weighted by Crippen LogP contribution is 2.42. The zero-order chi connectivity index (χ0) is 27.9. The van der Waals surface area contributed by atoms with Crippen LogP contribution in [0.4, 0.5) is 24.7 Å². The zero-order valence-corrected chi connectivity index (χ0v) is 20.9. The number of non-ortho nitro benzene ring substituents is 1. The number of carbonyl (C=O) groups excluding carboxylic acids is 2. The quantitative estimate of drug-likeness (QED) is 0.275. The van der Waals surface area contributed by atoms with Crippen molar-refractivity contribution in [2.45, 2.75) is 25.1 Å². The lowest BCUT2D eigenvalue weighted by molar-refractivity contribution is -0.384. The molecule has 3 heterocycles. The van der Waals surface area contributed by atoms with Gasteiger partial charge in [-0.15, -0.1) is 11.3 Å². The summed E-state index contributed by atoms with van der Waals surface area (Å²) >= 11 is 0.264. The third-order valence-corrected chi connectivity index (χ3v) is 7.14. The number of fused-ring (bicyclic) bond motifs is 1. The summed E-state index contributed by atoms with van der Waals surface area (Å²) in [7, 11) is 0. The number of halogens is 3. The highest BCUT2D eigenvalue weighted by Gasteiger charge is 2.45. The van der Waals surface area contributed by atoms with Crippen LogP contribution >= 0.6 is 11.3 Å². The number of hydrogen-bond donors (Lipinski definition) is 1. The Hall–Kier alpha value is -4.59. The molecule has 39 heavy (non-hydrogen) atoms. The lowest BCUT2D eigenvalue weighted by atomic mass is 9.82. The number of nitrogens with one attached hydrogen (secondary N) is 1. The molecule has 0 saturated carbocycles. The number of para-hydroxylation sites is 1. The summed E-state index contributed by atoms with van der Waals surface area (Å²) < 4.78 is 40.8. The molecule has 2 aromatic carbocycles. The summed E-state index contributed by atoms with van der Waals surface area (Å²) in [6, 6.07) is 13.3. The van der Waals surface area contributed by atoms with Crippen LogP contribution in [0.2, 0.25) is 0 Å². The maximum Gasteiger partial charge on any atom is 0.443 e. The average Bonchev–Trinajstić information content (AvgIpc) is 3.58. The van der Waals surface area contributed by atoms with E-state index in [2.05, 4.69) is 15.4 Å². The number of likely N-dealkylation sites (N-methyl/N-ethyl adjacent to an activating group) is 1. The standard InChI is InChI=1S/C25H19F3N6O4S/c1-2-32-22-17(12-29-33(22)15-8-4-3-5-9-15)19(14-7-6-10-16(11-14)34(37)38)20(23(32)36)31-21(35)18-13-39-24(30-18)25(26,27)28/h3-13,19-20H,2H2,1H3,(H,31,35)/t19-,20+/m1/s1. The van der Waals surface area contributed by atoms with Gasteiger partial charge in [0.1, 0.15) is 17.6 Å². The third-order valence-electron chi connectivity index (χ3n) is 6.25. The first-order valence-corrected chi connectivity index (χ1v) is 12.5. The van der Waals surface area contributed by atoms with E-state index in [4.69, 9.17) is 0 Å². The molecule has 0 fully saturated rings. The molecule has 1 N–H and O–H groups in total. The molecule has 1 aliphatic rings. The average molecular weight is 557 g/mol. The predicted octanol–water partition coefficient (Wildman–Crippen LogP) is 4.55. The fourth-order valence-electron chi connectivity index (χ4n) is 4.57. The van der Waals surface area contributed by atoms with Crippen LogP contribution in [0.3, 0.4) is 0 Å². The number of aromatic nitrogens is 3. The molecular formula is C25H19F3N6O4S. The van der Waals surface area contributed by atoms with E-state index in [-0.39, 0.29) is 23.6 Å². The molecule has 10 nitrogen and oxygen atoms in total. The molecule has 2 atom stereocenters. The number of anilines is 1. The number of alkyl halides is 3. The van der Waals surface area contributed by atoms with Gasteiger partial charge in [0.15, 0.2) is 5.01 Å². The summed E-state index contributed by atoms with van der Waals surface area (Å²) in [6.07, 6.45) is -3.21. The molecule has 0 unspecified atom stereocenters. The first-order valence-electron chi connectivity index (χ1n) is 11.6. The summed E-state index contributed by atoms with van der Waals surface area (Å²) in [5.74, 6) is -2.05. The van der Waals surface area contributed by atoms with Crippen LogP contribution in [-0.4, -0.2) is 44.1 Å². The van der Waals surface area contributed by atoms with E-state index < -0.39 is 45.6 Å². The van der Waals surface area contributed by atoms with Gasteiger partial charge in [0.05, 0.1) is 16.8 Å². The number of nitrogens with zero attached hydrogens (tertiary/aromatic N) is 5. The van der Waals surface area contributed by atoms with E-state index in [9.17, 15) is 32.9 Å². The van der Waals surface area contributed by atoms with Gasteiger partial charge in [-0.3, -0.25) is 24.6 Å². The molecule has 0 saturated heterocycles. The van der Waals surface area contributed by atoms with Gasteiger partial charge in [0.25, 0.3) is 17.5 Å². The fraction of sp³-hybridized carbons (Fsp3) is 0.200. The monoisotopic (exact) mass is 556 g/mol. The van der Waals surface area contributed by atoms with Gasteiger partial charge in [-0.1, -0.05) is 30.3 Å². The van der Waals surface area contributed by atoms with Crippen LogP contribution < -0.4 is 10.2 Å². The van der Waals surface area contributed by atoms with Crippen LogP contribution in [0.15, 0.2) is 66.2 Å². The molecule has 200 valence electrons. The second-order valence-electron chi connectivity index (χ2n) is 8.57. The number of carbonyl (C=O) groups is 2. The minimum absolute atomic E-state index is 0.188. The van der Waals surface area contributed by atoms with E-state index in [0.29, 0.717) is 22.6 Å². The smallest absolute Gasteiger partial charge is 0.338 e. The number of nitro groups is 1. The van der Waals surface area contributed by atoms with Crippen LogP contribution in [0, 0.1) is 10.1 Å². The van der Waals surface area contributed by atoms with E-state index in [1.807, 2.05) is 6.07 Å². The second-order valence-corrected chi connectivity index (χ2v) is 9.43. The van der Waals surface area contributed by atoms with Crippen molar-refractivity contribution in [2.75, 3.05) is 11.4 Å². The van der Waals surface area contributed by atoms with Crippen molar-refractivity contribution in [3.05, 3.63) is 98.1 Å². The number of rotatable bonds is 6. The van der Waals surface area contributed by atoms with Gasteiger partial charge >= 0.3 is 6.18 Å². The normalized spacial score (nSPS) is 17.1. The molecule has 5 rings (SSSR count). The summed E-state index contributed by atoms with van der Waals surface area (Å²) in [6.45, 7) is 1.92. The topological polar surface area (TPSA) is 123 Å². The molecule has 0 radical (unpaired) electrons. The SMILES string of the molecule is CCN1C(=O)[C@@H](NC(=O)c2csc(C(F)(F)F)n2)[C@H](c2cccc([N+](=O)[O-])c2)c2cnn(-c3ccccc3)c21.